The van der Waals surface area contributed by atoms with Crippen molar-refractivity contribution in [3.8, 4) is 34.5 Å². The maximum absolute atomic E-state index is 9.94. The zero-order valence-corrected chi connectivity index (χ0v) is 20.8. The number of phenolic OH excluding ortho intramolecular Hbond substituents is 6. The maximum Gasteiger partial charge on any atom is 0.123 e. The molecule has 0 aromatic heterocycles. The molecule has 0 unspecified atom stereocenters. The minimum atomic E-state index is -0.671. The Kier molecular flexibility index (Phi) is 7.39. The van der Waals surface area contributed by atoms with Crippen molar-refractivity contribution >= 4 is 0 Å². The second-order valence-electron chi connectivity index (χ2n) is 9.75. The predicted octanol–water partition coefficient (Wildman–Crippen LogP) is 6.26. The Balaban J connectivity index is 0.000000202. The summed E-state index contributed by atoms with van der Waals surface area (Å²) in [6, 6.07) is 23.1. The summed E-state index contributed by atoms with van der Waals surface area (Å²) in [5.74, 6) is 0.416. The molecule has 0 amide bonds. The Morgan fingerprint density at radius 2 is 0.694 bits per heavy atom. The fraction of sp³-hybridized carbons (Fsp3) is 0.200. The molecule has 36 heavy (non-hydrogen) atoms. The third-order valence-electron chi connectivity index (χ3n) is 6.49. The first-order valence-corrected chi connectivity index (χ1v) is 11.5. The van der Waals surface area contributed by atoms with Crippen LogP contribution in [0.3, 0.4) is 0 Å². The summed E-state index contributed by atoms with van der Waals surface area (Å²) in [6.45, 7) is 7.91. The molecule has 188 valence electrons. The lowest BCUT2D eigenvalue weighted by Crippen LogP contribution is -2.19. The Hall–Kier alpha value is -4.32. The zero-order chi connectivity index (χ0) is 26.7. The van der Waals surface area contributed by atoms with Gasteiger partial charge in [-0.05, 0) is 47.5 Å². The molecule has 0 saturated carbocycles. The third-order valence-corrected chi connectivity index (χ3v) is 6.49. The van der Waals surface area contributed by atoms with E-state index in [1.54, 1.807) is 36.4 Å². The van der Waals surface area contributed by atoms with Gasteiger partial charge in [0.25, 0.3) is 0 Å². The van der Waals surface area contributed by atoms with Crippen LogP contribution in [-0.4, -0.2) is 30.6 Å². The van der Waals surface area contributed by atoms with Gasteiger partial charge in [0.05, 0.1) is 0 Å². The largest absolute Gasteiger partial charge is 0.508 e. The molecule has 0 bridgehead atoms. The van der Waals surface area contributed by atoms with Gasteiger partial charge in [-0.3, -0.25) is 0 Å². The van der Waals surface area contributed by atoms with Crippen LogP contribution in [0.5, 0.6) is 34.5 Å². The van der Waals surface area contributed by atoms with Crippen LogP contribution < -0.4 is 0 Å². The predicted molar refractivity (Wildman–Crippen MR) is 140 cm³/mol. The van der Waals surface area contributed by atoms with E-state index in [-0.39, 0.29) is 39.9 Å². The van der Waals surface area contributed by atoms with Crippen LogP contribution in [0.25, 0.3) is 0 Å². The highest BCUT2D eigenvalue weighted by molar-refractivity contribution is 5.53. The van der Waals surface area contributed by atoms with Gasteiger partial charge in [-0.15, -0.1) is 0 Å². The van der Waals surface area contributed by atoms with Crippen molar-refractivity contribution in [3.63, 3.8) is 0 Å². The number of aromatic hydroxyl groups is 6. The van der Waals surface area contributed by atoms with E-state index < -0.39 is 5.41 Å². The van der Waals surface area contributed by atoms with Crippen LogP contribution in [0.15, 0.2) is 84.9 Å². The van der Waals surface area contributed by atoms with Crippen LogP contribution in [0.4, 0.5) is 0 Å². The van der Waals surface area contributed by atoms with Crippen LogP contribution in [-0.2, 0) is 10.8 Å². The van der Waals surface area contributed by atoms with Crippen molar-refractivity contribution in [2.45, 2.75) is 38.5 Å². The highest BCUT2D eigenvalue weighted by Gasteiger charge is 2.29. The first kappa shape index (κ1) is 26.3. The summed E-state index contributed by atoms with van der Waals surface area (Å²) in [5, 5.41) is 57.1. The normalized spacial score (nSPS) is 11.4. The fourth-order valence-electron chi connectivity index (χ4n) is 4.17. The van der Waals surface area contributed by atoms with Gasteiger partial charge in [0.15, 0.2) is 0 Å². The van der Waals surface area contributed by atoms with E-state index in [9.17, 15) is 30.6 Å². The first-order valence-electron chi connectivity index (χ1n) is 11.5. The van der Waals surface area contributed by atoms with E-state index in [2.05, 4.69) is 13.8 Å². The van der Waals surface area contributed by atoms with Crippen LogP contribution in [0.1, 0.15) is 49.9 Å². The van der Waals surface area contributed by atoms with Gasteiger partial charge in [-0.2, -0.15) is 0 Å². The van der Waals surface area contributed by atoms with E-state index >= 15 is 0 Å². The molecule has 0 spiro atoms. The van der Waals surface area contributed by atoms with Gasteiger partial charge in [0.2, 0.25) is 0 Å². The highest BCUT2D eigenvalue weighted by atomic mass is 16.3. The molecule has 4 aromatic carbocycles. The van der Waals surface area contributed by atoms with Crippen molar-refractivity contribution < 1.29 is 30.6 Å². The quantitative estimate of drug-likeness (QED) is 0.202. The summed E-state index contributed by atoms with van der Waals surface area (Å²) in [7, 11) is 0. The van der Waals surface area contributed by atoms with Crippen LogP contribution >= 0.6 is 0 Å². The van der Waals surface area contributed by atoms with Gasteiger partial charge in [-0.25, -0.2) is 0 Å². The monoisotopic (exact) mass is 488 g/mol. The van der Waals surface area contributed by atoms with Crippen molar-refractivity contribution in [2.24, 2.45) is 0 Å². The van der Waals surface area contributed by atoms with Crippen LogP contribution in [0, 0.1) is 0 Å². The number of hydrogen-bond donors (Lipinski definition) is 6. The minimum Gasteiger partial charge on any atom is -0.508 e. The molecule has 0 atom stereocenters. The Labute approximate surface area is 211 Å². The van der Waals surface area contributed by atoms with Gasteiger partial charge in [0.1, 0.15) is 34.5 Å². The van der Waals surface area contributed by atoms with E-state index in [0.29, 0.717) is 11.1 Å². The maximum atomic E-state index is 9.94. The molecular formula is C30H32O6. The SMILES string of the molecule is CC(C)(c1ccc(O)cc1)c1ccc(O)cc1.CC(C)(c1ccc(O)cc1O)c1ccc(O)cc1O. The van der Waals surface area contributed by atoms with E-state index in [4.69, 9.17) is 0 Å². The average Bonchev–Trinajstić information content (AvgIpc) is 2.79. The number of hydrogen-bond acceptors (Lipinski definition) is 6. The molecule has 0 saturated heterocycles. The summed E-state index contributed by atoms with van der Waals surface area (Å²) in [6.07, 6.45) is 0. The average molecular weight is 489 g/mol. The van der Waals surface area contributed by atoms with Gasteiger partial charge in [-0.1, -0.05) is 64.1 Å². The molecule has 0 aliphatic rings. The molecule has 0 fully saturated rings. The molecule has 0 radical (unpaired) electrons. The second kappa shape index (κ2) is 10.1. The van der Waals surface area contributed by atoms with Gasteiger partial charge >= 0.3 is 0 Å². The molecule has 6 heteroatoms. The second-order valence-corrected chi connectivity index (χ2v) is 9.75. The molecule has 4 rings (SSSR count). The van der Waals surface area contributed by atoms with Crippen LogP contribution in [0.2, 0.25) is 0 Å². The lowest BCUT2D eigenvalue weighted by Gasteiger charge is -2.27. The summed E-state index contributed by atoms with van der Waals surface area (Å²) < 4.78 is 0. The highest BCUT2D eigenvalue weighted by Crippen LogP contribution is 2.42. The van der Waals surface area contributed by atoms with E-state index in [0.717, 1.165) is 11.1 Å². The summed E-state index contributed by atoms with van der Waals surface area (Å²) >= 11 is 0. The molecule has 6 N–H and O–H groups in total. The van der Waals surface area contributed by atoms with Gasteiger partial charge < -0.3 is 30.6 Å². The zero-order valence-electron chi connectivity index (χ0n) is 20.8. The van der Waals surface area contributed by atoms with Crippen molar-refractivity contribution in [2.75, 3.05) is 0 Å². The fourth-order valence-corrected chi connectivity index (χ4v) is 4.17. The smallest absolute Gasteiger partial charge is 0.123 e. The summed E-state index contributed by atoms with van der Waals surface area (Å²) in [4.78, 5) is 0. The number of rotatable bonds is 4. The van der Waals surface area contributed by atoms with E-state index in [1.165, 1.54) is 24.3 Å². The Morgan fingerprint density at radius 1 is 0.389 bits per heavy atom. The standard InChI is InChI=1S/C15H16O4.C15H16O2/c1-15(2,11-5-3-9(16)7-13(11)18)12-6-4-10(17)8-14(12)19;1-15(2,11-3-7-13(16)8-4-11)12-5-9-14(17)10-6-12/h3-8,16-19H,1-2H3;3-10,16-17H,1-2H3. The lowest BCUT2D eigenvalue weighted by molar-refractivity contribution is 0.422. The third kappa shape index (κ3) is 5.66. The number of benzene rings is 4. The Bertz CT molecular complexity index is 1220. The molecule has 0 heterocycles. The van der Waals surface area contributed by atoms with Crippen molar-refractivity contribution in [3.05, 3.63) is 107 Å². The number of phenols is 6. The van der Waals surface area contributed by atoms with E-state index in [1.807, 2.05) is 38.1 Å². The molecule has 4 aromatic rings. The molecular weight excluding hydrogens is 456 g/mol. The lowest BCUT2D eigenvalue weighted by atomic mass is 9.77. The van der Waals surface area contributed by atoms with Gasteiger partial charge in [0, 0.05) is 34.1 Å². The Morgan fingerprint density at radius 3 is 1.00 bits per heavy atom. The molecule has 0 aliphatic carbocycles. The summed E-state index contributed by atoms with van der Waals surface area (Å²) in [5.41, 5.74) is 2.58. The van der Waals surface area contributed by atoms with Crippen molar-refractivity contribution in [1.82, 2.24) is 0 Å². The molecule has 0 aliphatic heterocycles. The first-order chi connectivity index (χ1) is 16.8. The minimum absolute atomic E-state index is 0.0213. The topological polar surface area (TPSA) is 121 Å². The van der Waals surface area contributed by atoms with Crippen molar-refractivity contribution in [1.29, 1.82) is 0 Å². The molecule has 6 nitrogen and oxygen atoms in total.